The zero-order chi connectivity index (χ0) is 21.0. The summed E-state index contributed by atoms with van der Waals surface area (Å²) in [7, 11) is 0. The van der Waals surface area contributed by atoms with E-state index in [0.717, 1.165) is 0 Å². The van der Waals surface area contributed by atoms with Crippen LogP contribution in [0.4, 0.5) is 4.79 Å². The number of carbonyl (C=O) groups is 4. The van der Waals surface area contributed by atoms with E-state index in [2.05, 4.69) is 0 Å². The maximum Gasteiger partial charge on any atom is 0.417 e. The number of carboxylic acids is 1. The quantitative estimate of drug-likeness (QED) is 0.444. The largest absolute Gasteiger partial charge is 0.473 e. The van der Waals surface area contributed by atoms with Gasteiger partial charge in [0.25, 0.3) is 0 Å². The van der Waals surface area contributed by atoms with Gasteiger partial charge in [-0.15, -0.1) is 0 Å². The van der Waals surface area contributed by atoms with E-state index < -0.39 is 47.3 Å². The first-order chi connectivity index (χ1) is 12.2. The van der Waals surface area contributed by atoms with E-state index in [9.17, 15) is 19.2 Å². The second kappa shape index (κ2) is 8.58. The Hall–Kier alpha value is -2.32. The topological polar surface area (TPSA) is 119 Å². The van der Waals surface area contributed by atoms with Gasteiger partial charge in [-0.2, -0.15) is 0 Å². The number of piperidine rings is 1. The number of amides is 1. The Morgan fingerprint density at radius 3 is 2.04 bits per heavy atom. The summed E-state index contributed by atoms with van der Waals surface area (Å²) in [4.78, 5) is 48.1. The summed E-state index contributed by atoms with van der Waals surface area (Å²) in [6.45, 7) is 10.6. The first kappa shape index (κ1) is 22.7. The highest BCUT2D eigenvalue weighted by atomic mass is 16.6. The van der Waals surface area contributed by atoms with Crippen LogP contribution < -0.4 is 0 Å². The average molecular weight is 387 g/mol. The van der Waals surface area contributed by atoms with E-state index in [0.29, 0.717) is 0 Å². The van der Waals surface area contributed by atoms with Crippen LogP contribution in [0.15, 0.2) is 0 Å². The Morgan fingerprint density at radius 1 is 1.00 bits per heavy atom. The number of nitrogens with zero attached hydrogens (tertiary/aromatic N) is 1. The van der Waals surface area contributed by atoms with Gasteiger partial charge in [-0.25, -0.2) is 14.4 Å². The van der Waals surface area contributed by atoms with Crippen molar-refractivity contribution in [3.63, 3.8) is 0 Å². The van der Waals surface area contributed by atoms with Crippen LogP contribution in [0.3, 0.4) is 0 Å². The molecule has 0 bridgehead atoms. The van der Waals surface area contributed by atoms with Crippen molar-refractivity contribution in [2.24, 2.45) is 0 Å². The van der Waals surface area contributed by atoms with Gasteiger partial charge in [0.15, 0.2) is 0 Å². The van der Waals surface area contributed by atoms with Crippen LogP contribution in [0.1, 0.15) is 60.8 Å². The molecule has 1 rings (SSSR count). The molecule has 0 aromatic rings. The van der Waals surface area contributed by atoms with Gasteiger partial charge in [0.2, 0.25) is 0 Å². The lowest BCUT2D eigenvalue weighted by Crippen LogP contribution is -2.51. The highest BCUT2D eigenvalue weighted by Crippen LogP contribution is 2.26. The molecule has 0 aromatic carbocycles. The van der Waals surface area contributed by atoms with Gasteiger partial charge in [-0.3, -0.25) is 4.79 Å². The van der Waals surface area contributed by atoms with Crippen molar-refractivity contribution in [3.05, 3.63) is 0 Å². The van der Waals surface area contributed by atoms with Gasteiger partial charge in [-0.1, -0.05) is 0 Å². The van der Waals surface area contributed by atoms with Gasteiger partial charge in [0, 0.05) is 25.4 Å². The van der Waals surface area contributed by atoms with Gasteiger partial charge in [0.1, 0.15) is 17.3 Å². The van der Waals surface area contributed by atoms with Crippen LogP contribution in [0.5, 0.6) is 0 Å². The molecule has 0 spiro atoms. The third-order valence-electron chi connectivity index (χ3n) is 3.57. The van der Waals surface area contributed by atoms with Crippen molar-refractivity contribution in [2.45, 2.75) is 84.2 Å². The molecule has 0 aromatic heterocycles. The van der Waals surface area contributed by atoms with Crippen molar-refractivity contribution in [3.8, 4) is 0 Å². The molecule has 1 aliphatic rings. The Kier molecular flexibility index (Phi) is 7.22. The number of esters is 2. The Labute approximate surface area is 158 Å². The number of aliphatic carboxylic acids is 1. The second-order valence-electron chi connectivity index (χ2n) is 8.47. The average Bonchev–Trinajstić information content (AvgIpc) is 2.43. The fourth-order valence-electron chi connectivity index (χ4n) is 2.65. The highest BCUT2D eigenvalue weighted by molar-refractivity contribution is 6.28. The molecule has 154 valence electrons. The third-order valence-corrected chi connectivity index (χ3v) is 3.57. The SMILES string of the molecule is CC(C)(C)OC(=O)C[C@@H]1CC(OC(=O)C(=O)O)CCN1C(=O)OC(C)(C)C. The van der Waals surface area contributed by atoms with Crippen molar-refractivity contribution < 1.29 is 38.5 Å². The highest BCUT2D eigenvalue weighted by Gasteiger charge is 2.38. The second-order valence-corrected chi connectivity index (χ2v) is 8.47. The number of carbonyl (C=O) groups excluding carboxylic acids is 3. The lowest BCUT2D eigenvalue weighted by molar-refractivity contribution is -0.170. The maximum absolute atomic E-state index is 12.5. The number of hydrogen-bond acceptors (Lipinski definition) is 7. The molecule has 9 nitrogen and oxygen atoms in total. The minimum absolute atomic E-state index is 0.113. The molecule has 9 heteroatoms. The van der Waals surface area contributed by atoms with Gasteiger partial charge < -0.3 is 24.2 Å². The molecule has 1 amide bonds. The predicted molar refractivity (Wildman–Crippen MR) is 93.9 cm³/mol. The fraction of sp³-hybridized carbons (Fsp3) is 0.778. The minimum atomic E-state index is -1.69. The summed E-state index contributed by atoms with van der Waals surface area (Å²) in [5, 5.41) is 8.69. The summed E-state index contributed by atoms with van der Waals surface area (Å²) in [5.41, 5.74) is -1.39. The van der Waals surface area contributed by atoms with Crippen molar-refractivity contribution in [1.82, 2.24) is 4.90 Å². The van der Waals surface area contributed by atoms with Crippen LogP contribution in [0.25, 0.3) is 0 Å². The number of hydrogen-bond donors (Lipinski definition) is 1. The molecule has 0 aliphatic carbocycles. The predicted octanol–water partition coefficient (Wildman–Crippen LogP) is 2.11. The Balaban J connectivity index is 2.89. The first-order valence-electron chi connectivity index (χ1n) is 8.83. The third kappa shape index (κ3) is 8.27. The smallest absolute Gasteiger partial charge is 0.417 e. The molecular formula is C18H29NO8. The fourth-order valence-corrected chi connectivity index (χ4v) is 2.65. The lowest BCUT2D eigenvalue weighted by atomic mass is 9.97. The minimum Gasteiger partial charge on any atom is -0.473 e. The van der Waals surface area contributed by atoms with E-state index in [4.69, 9.17) is 19.3 Å². The molecule has 1 heterocycles. The van der Waals surface area contributed by atoms with Gasteiger partial charge in [-0.05, 0) is 41.5 Å². The molecule has 1 N–H and O–H groups in total. The number of ether oxygens (including phenoxy) is 3. The Morgan fingerprint density at radius 2 is 1.56 bits per heavy atom. The standard InChI is InChI=1S/C18H29NO8/c1-17(2,3)26-13(20)10-11-9-12(25-15(23)14(21)22)7-8-19(11)16(24)27-18(4,5)6/h11-12H,7-10H2,1-6H3,(H,21,22)/t11-,12?/m0/s1. The first-order valence-corrected chi connectivity index (χ1v) is 8.83. The molecule has 1 fully saturated rings. The van der Waals surface area contributed by atoms with E-state index in [1.54, 1.807) is 41.5 Å². The van der Waals surface area contributed by atoms with E-state index in [1.165, 1.54) is 4.90 Å². The van der Waals surface area contributed by atoms with Crippen LogP contribution in [-0.2, 0) is 28.6 Å². The van der Waals surface area contributed by atoms with Crippen LogP contribution in [0.2, 0.25) is 0 Å². The monoisotopic (exact) mass is 387 g/mol. The zero-order valence-electron chi connectivity index (χ0n) is 16.7. The Bertz CT molecular complexity index is 587. The zero-order valence-corrected chi connectivity index (χ0v) is 16.7. The van der Waals surface area contributed by atoms with Crippen LogP contribution in [0, 0.1) is 0 Å². The van der Waals surface area contributed by atoms with E-state index in [1.807, 2.05) is 0 Å². The van der Waals surface area contributed by atoms with Crippen molar-refractivity contribution in [1.29, 1.82) is 0 Å². The summed E-state index contributed by atoms with van der Waals surface area (Å²) < 4.78 is 15.6. The van der Waals surface area contributed by atoms with Crippen LogP contribution in [-0.4, -0.2) is 63.9 Å². The molecule has 2 atom stereocenters. The van der Waals surface area contributed by atoms with Crippen molar-refractivity contribution >= 4 is 24.0 Å². The van der Waals surface area contributed by atoms with E-state index in [-0.39, 0.29) is 25.8 Å². The normalized spacial score (nSPS) is 20.6. The molecule has 0 radical (unpaired) electrons. The number of carboxylic acid groups (broad SMARTS) is 1. The molecule has 1 unspecified atom stereocenters. The molecule has 27 heavy (non-hydrogen) atoms. The summed E-state index contributed by atoms with van der Waals surface area (Å²) in [6, 6.07) is -0.630. The van der Waals surface area contributed by atoms with E-state index >= 15 is 0 Å². The molecular weight excluding hydrogens is 358 g/mol. The molecule has 0 saturated carbocycles. The van der Waals surface area contributed by atoms with Crippen LogP contribution >= 0.6 is 0 Å². The molecule has 1 saturated heterocycles. The summed E-state index contributed by atoms with van der Waals surface area (Å²) in [6.07, 6.45) is -1.03. The summed E-state index contributed by atoms with van der Waals surface area (Å²) in [5.74, 6) is -3.55. The number of likely N-dealkylation sites (tertiary alicyclic amines) is 1. The number of rotatable bonds is 3. The van der Waals surface area contributed by atoms with Gasteiger partial charge in [0.05, 0.1) is 6.42 Å². The molecule has 1 aliphatic heterocycles. The summed E-state index contributed by atoms with van der Waals surface area (Å²) >= 11 is 0. The van der Waals surface area contributed by atoms with Crippen molar-refractivity contribution in [2.75, 3.05) is 6.54 Å². The lowest BCUT2D eigenvalue weighted by Gasteiger charge is -2.39. The maximum atomic E-state index is 12.5. The van der Waals surface area contributed by atoms with Gasteiger partial charge >= 0.3 is 24.0 Å².